The highest BCUT2D eigenvalue weighted by molar-refractivity contribution is 8.03. The number of carbonyl (C=O) groups is 1. The van der Waals surface area contributed by atoms with Gasteiger partial charge in [-0.1, -0.05) is 60.5 Å². The highest BCUT2D eigenvalue weighted by Crippen LogP contribution is 2.39. The van der Waals surface area contributed by atoms with Crippen LogP contribution in [0.1, 0.15) is 34.1 Å². The minimum Gasteiger partial charge on any atom is -0.464 e. The first-order chi connectivity index (χ1) is 13.4. The van der Waals surface area contributed by atoms with Crippen molar-refractivity contribution in [2.24, 2.45) is 5.92 Å². The predicted molar refractivity (Wildman–Crippen MR) is 118 cm³/mol. The fraction of sp³-hybridized carbons (Fsp3) is 0.500. The zero-order chi connectivity index (χ0) is 20.6. The second-order valence-electron chi connectivity index (χ2n) is 7.17. The quantitative estimate of drug-likeness (QED) is 0.249. The van der Waals surface area contributed by atoms with E-state index in [1.165, 1.54) is 5.39 Å². The van der Waals surface area contributed by atoms with E-state index in [0.29, 0.717) is 18.5 Å². The van der Waals surface area contributed by atoms with Gasteiger partial charge in [-0.3, -0.25) is 0 Å². The lowest BCUT2D eigenvalue weighted by atomic mass is 9.94. The highest BCUT2D eigenvalue weighted by atomic mass is 32.2. The minimum absolute atomic E-state index is 0.188. The molecule has 0 aromatic heterocycles. The number of rotatable bonds is 11. The Hall–Kier alpha value is -1.42. The first kappa shape index (κ1) is 22.9. The van der Waals surface area contributed by atoms with Crippen molar-refractivity contribution in [3.63, 3.8) is 0 Å². The van der Waals surface area contributed by atoms with Crippen LogP contribution in [0.4, 0.5) is 0 Å². The van der Waals surface area contributed by atoms with Crippen molar-refractivity contribution in [1.82, 2.24) is 0 Å². The number of esters is 1. The Morgan fingerprint density at radius 1 is 1.11 bits per heavy atom. The van der Waals surface area contributed by atoms with E-state index in [9.17, 15) is 9.36 Å². The molecule has 0 radical (unpaired) electrons. The van der Waals surface area contributed by atoms with Gasteiger partial charge in [-0.2, -0.15) is 0 Å². The summed E-state index contributed by atoms with van der Waals surface area (Å²) in [4.78, 5) is 13.7. The monoisotopic (exact) mass is 421 g/mol. The Kier molecular flexibility index (Phi) is 8.94. The van der Waals surface area contributed by atoms with Crippen molar-refractivity contribution in [1.29, 1.82) is 0 Å². The van der Waals surface area contributed by atoms with Crippen LogP contribution in [-0.4, -0.2) is 36.4 Å². The van der Waals surface area contributed by atoms with E-state index < -0.39 is 19.4 Å². The molecule has 6 heteroatoms. The van der Waals surface area contributed by atoms with Crippen LogP contribution in [0.2, 0.25) is 0 Å². The predicted octanol–water partition coefficient (Wildman–Crippen LogP) is 6.10. The molecule has 0 fully saturated rings. The van der Waals surface area contributed by atoms with E-state index >= 15 is 0 Å². The molecule has 0 N–H and O–H groups in total. The molecule has 0 spiro atoms. The van der Waals surface area contributed by atoms with Gasteiger partial charge in [0, 0.05) is 11.5 Å². The minimum atomic E-state index is -1.63. The van der Waals surface area contributed by atoms with Crippen LogP contribution in [0.5, 0.6) is 0 Å². The molecule has 4 nitrogen and oxygen atoms in total. The van der Waals surface area contributed by atoms with Crippen LogP contribution in [0, 0.1) is 5.92 Å². The number of hydrogen-bond donors (Lipinski definition) is 0. The molecule has 2 atom stereocenters. The van der Waals surface area contributed by atoms with Crippen LogP contribution in [-0.2, 0) is 18.8 Å². The summed E-state index contributed by atoms with van der Waals surface area (Å²) in [6.07, 6.45) is 0.690. The molecule has 2 unspecified atom stereocenters. The molecule has 0 saturated heterocycles. The van der Waals surface area contributed by atoms with Gasteiger partial charge in [0.05, 0.1) is 6.61 Å². The summed E-state index contributed by atoms with van der Waals surface area (Å²) >= 11 is 1.55. The largest absolute Gasteiger partial charge is 0.464 e. The SMILES string of the molecule is CCOC(=O)C(CC(C)C)(C[P+](=O)CSc1ccc2ccccc2c1)OCC. The maximum absolute atomic E-state index is 12.9. The molecular formula is C22H30O4PS+. The van der Waals surface area contributed by atoms with Crippen LogP contribution in [0.15, 0.2) is 47.4 Å². The van der Waals surface area contributed by atoms with E-state index in [-0.39, 0.29) is 18.7 Å². The van der Waals surface area contributed by atoms with Crippen molar-refractivity contribution in [3.05, 3.63) is 42.5 Å². The topological polar surface area (TPSA) is 52.6 Å². The molecule has 152 valence electrons. The third-order valence-electron chi connectivity index (χ3n) is 4.33. The Morgan fingerprint density at radius 2 is 1.82 bits per heavy atom. The number of thioether (sulfide) groups is 1. The van der Waals surface area contributed by atoms with E-state index in [1.807, 2.05) is 39.0 Å². The van der Waals surface area contributed by atoms with Crippen LogP contribution >= 0.6 is 19.6 Å². The summed E-state index contributed by atoms with van der Waals surface area (Å²) in [7, 11) is -1.63. The van der Waals surface area contributed by atoms with Gasteiger partial charge < -0.3 is 9.47 Å². The zero-order valence-electron chi connectivity index (χ0n) is 17.1. The zero-order valence-corrected chi connectivity index (χ0v) is 18.9. The summed E-state index contributed by atoms with van der Waals surface area (Å²) in [5.74, 6) is -0.169. The molecule has 0 saturated carbocycles. The second-order valence-corrected chi connectivity index (χ2v) is 10.2. The molecule has 2 rings (SSSR count). The maximum Gasteiger partial charge on any atom is 0.353 e. The average molecular weight is 422 g/mol. The fourth-order valence-corrected chi connectivity index (χ4v) is 6.14. The Bertz CT molecular complexity index is 808. The molecule has 28 heavy (non-hydrogen) atoms. The van der Waals surface area contributed by atoms with Crippen molar-refractivity contribution < 1.29 is 18.8 Å². The molecule has 0 heterocycles. The third kappa shape index (κ3) is 6.30. The number of benzene rings is 2. The van der Waals surface area contributed by atoms with Crippen molar-refractivity contribution >= 4 is 36.3 Å². The van der Waals surface area contributed by atoms with Crippen LogP contribution < -0.4 is 0 Å². The summed E-state index contributed by atoms with van der Waals surface area (Å²) in [6, 6.07) is 14.4. The van der Waals surface area contributed by atoms with Gasteiger partial charge in [-0.05, 0) is 49.1 Å². The molecule has 0 aliphatic carbocycles. The van der Waals surface area contributed by atoms with Gasteiger partial charge >= 0.3 is 13.8 Å². The molecular weight excluding hydrogens is 391 g/mol. The first-order valence-electron chi connectivity index (χ1n) is 9.75. The Balaban J connectivity index is 2.09. The Morgan fingerprint density at radius 3 is 2.46 bits per heavy atom. The summed E-state index contributed by atoms with van der Waals surface area (Å²) in [5, 5.41) is 2.35. The first-order valence-corrected chi connectivity index (χ1v) is 12.4. The molecule has 0 amide bonds. The summed E-state index contributed by atoms with van der Waals surface area (Å²) in [6.45, 7) is 8.36. The van der Waals surface area contributed by atoms with Crippen molar-refractivity contribution in [2.45, 2.75) is 44.6 Å². The summed E-state index contributed by atoms with van der Waals surface area (Å²) < 4.78 is 24.0. The molecule has 0 bridgehead atoms. The lowest BCUT2D eigenvalue weighted by Crippen LogP contribution is -2.46. The van der Waals surface area contributed by atoms with Gasteiger partial charge in [0.2, 0.25) is 5.60 Å². The van der Waals surface area contributed by atoms with Crippen LogP contribution in [0.3, 0.4) is 0 Å². The van der Waals surface area contributed by atoms with Gasteiger partial charge in [0.1, 0.15) is 0 Å². The van der Waals surface area contributed by atoms with E-state index in [1.54, 1.807) is 18.7 Å². The lowest BCUT2D eigenvalue weighted by Gasteiger charge is -2.29. The maximum atomic E-state index is 12.9. The molecule has 2 aromatic rings. The average Bonchev–Trinajstić information content (AvgIpc) is 2.66. The van der Waals surface area contributed by atoms with Crippen LogP contribution in [0.25, 0.3) is 10.8 Å². The molecule has 0 aliphatic rings. The molecule has 2 aromatic carbocycles. The second kappa shape index (κ2) is 10.9. The smallest absolute Gasteiger partial charge is 0.353 e. The van der Waals surface area contributed by atoms with Gasteiger partial charge in [-0.25, -0.2) is 4.79 Å². The van der Waals surface area contributed by atoms with Gasteiger partial charge in [0.25, 0.3) is 0 Å². The van der Waals surface area contributed by atoms with Gasteiger partial charge in [0.15, 0.2) is 11.7 Å². The normalized spacial score (nSPS) is 14.1. The number of carbonyl (C=O) groups excluding carboxylic acids is 1. The number of ether oxygens (including phenoxy) is 2. The molecule has 0 aliphatic heterocycles. The highest BCUT2D eigenvalue weighted by Gasteiger charge is 2.48. The third-order valence-corrected chi connectivity index (χ3v) is 7.45. The van der Waals surface area contributed by atoms with E-state index in [4.69, 9.17) is 9.47 Å². The lowest BCUT2D eigenvalue weighted by molar-refractivity contribution is -0.171. The van der Waals surface area contributed by atoms with Gasteiger partial charge in [-0.15, -0.1) is 0 Å². The van der Waals surface area contributed by atoms with Crippen molar-refractivity contribution in [2.75, 3.05) is 24.9 Å². The van der Waals surface area contributed by atoms with Crippen molar-refractivity contribution in [3.8, 4) is 0 Å². The van der Waals surface area contributed by atoms with E-state index in [2.05, 4.69) is 24.3 Å². The standard InChI is InChI=1S/C22H30O4PS/c1-5-25-21(23)22(26-6-2,14-17(3)4)15-27(24)16-28-20-12-11-18-9-7-8-10-19(18)13-20/h7-13,17H,5-6,14-16H2,1-4H3/q+1. The fourth-order valence-electron chi connectivity index (χ4n) is 3.31. The van der Waals surface area contributed by atoms with E-state index in [0.717, 1.165) is 10.3 Å². The Labute approximate surface area is 173 Å². The number of fused-ring (bicyclic) bond motifs is 1. The summed E-state index contributed by atoms with van der Waals surface area (Å²) in [5.41, 5.74) is -0.684. The number of hydrogen-bond acceptors (Lipinski definition) is 5.